The van der Waals surface area contributed by atoms with Gasteiger partial charge >= 0.3 is 0 Å². The number of anilines is 2. The standard InChI is InChI=1S/C17H21FN2O/c18-13-2-1-3-14(19)16(13)20-17(21)15-11-5-9-4-10(7-11)8-12(15)6-9/h1-3,9-12,15H,4-8,19H2,(H,20,21). The predicted molar refractivity (Wildman–Crippen MR) is 80.0 cm³/mol. The van der Waals surface area contributed by atoms with Gasteiger partial charge < -0.3 is 11.1 Å². The van der Waals surface area contributed by atoms with Crippen molar-refractivity contribution in [2.45, 2.75) is 32.1 Å². The zero-order valence-corrected chi connectivity index (χ0v) is 12.0. The molecule has 3 N–H and O–H groups in total. The van der Waals surface area contributed by atoms with E-state index in [2.05, 4.69) is 5.32 Å². The summed E-state index contributed by atoms with van der Waals surface area (Å²) >= 11 is 0. The molecule has 0 aliphatic heterocycles. The van der Waals surface area contributed by atoms with Crippen LogP contribution in [0.2, 0.25) is 0 Å². The Bertz CT molecular complexity index is 538. The summed E-state index contributed by atoms with van der Waals surface area (Å²) in [5.41, 5.74) is 6.24. The van der Waals surface area contributed by atoms with Crippen LogP contribution in [0.25, 0.3) is 0 Å². The van der Waals surface area contributed by atoms with E-state index in [0.717, 1.165) is 11.8 Å². The molecule has 0 radical (unpaired) electrons. The number of carbonyl (C=O) groups is 1. The molecule has 5 rings (SSSR count). The van der Waals surface area contributed by atoms with E-state index < -0.39 is 5.82 Å². The number of amides is 1. The van der Waals surface area contributed by atoms with Crippen LogP contribution in [0.15, 0.2) is 18.2 Å². The normalized spacial score (nSPS) is 36.7. The number of nitrogens with two attached hydrogens (primary N) is 1. The van der Waals surface area contributed by atoms with Crippen molar-refractivity contribution in [2.75, 3.05) is 11.1 Å². The molecule has 0 heterocycles. The van der Waals surface area contributed by atoms with Crippen LogP contribution in [0, 0.1) is 35.4 Å². The molecule has 21 heavy (non-hydrogen) atoms. The van der Waals surface area contributed by atoms with E-state index in [9.17, 15) is 9.18 Å². The zero-order valence-electron chi connectivity index (χ0n) is 12.0. The Labute approximate surface area is 124 Å². The van der Waals surface area contributed by atoms with E-state index in [1.54, 1.807) is 12.1 Å². The third-order valence-electron chi connectivity index (χ3n) is 5.82. The molecule has 0 atom stereocenters. The summed E-state index contributed by atoms with van der Waals surface area (Å²) in [6.45, 7) is 0. The lowest BCUT2D eigenvalue weighted by Crippen LogP contribution is -2.49. The van der Waals surface area contributed by atoms with Crippen molar-refractivity contribution in [1.82, 2.24) is 0 Å². The summed E-state index contributed by atoms with van der Waals surface area (Å²) in [6.07, 6.45) is 6.08. The minimum atomic E-state index is -0.452. The predicted octanol–water partition coefficient (Wildman–Crippen LogP) is 3.42. The van der Waals surface area contributed by atoms with Crippen LogP contribution < -0.4 is 11.1 Å². The lowest BCUT2D eigenvalue weighted by molar-refractivity contribution is -0.132. The Kier molecular flexibility index (Phi) is 2.95. The molecule has 3 nitrogen and oxygen atoms in total. The molecule has 4 aliphatic rings. The Balaban J connectivity index is 1.55. The second kappa shape index (κ2) is 4.72. The summed E-state index contributed by atoms with van der Waals surface area (Å²) in [4.78, 5) is 12.7. The molecule has 4 aliphatic carbocycles. The number of rotatable bonds is 2. The number of nitrogen functional groups attached to an aromatic ring is 1. The highest BCUT2D eigenvalue weighted by Gasteiger charge is 2.50. The van der Waals surface area contributed by atoms with Crippen molar-refractivity contribution in [3.8, 4) is 0 Å². The second-order valence-electron chi connectivity index (χ2n) is 7.15. The van der Waals surface area contributed by atoms with Gasteiger partial charge in [0.2, 0.25) is 5.91 Å². The summed E-state index contributed by atoms with van der Waals surface area (Å²) in [5.74, 6) is 2.22. The van der Waals surface area contributed by atoms with Gasteiger partial charge in [-0.25, -0.2) is 4.39 Å². The van der Waals surface area contributed by atoms with Gasteiger partial charge in [0.15, 0.2) is 0 Å². The van der Waals surface area contributed by atoms with Gasteiger partial charge in [-0.05, 0) is 67.9 Å². The van der Waals surface area contributed by atoms with Gasteiger partial charge in [0, 0.05) is 5.92 Å². The van der Waals surface area contributed by atoms with Gasteiger partial charge in [-0.1, -0.05) is 6.07 Å². The van der Waals surface area contributed by atoms with Gasteiger partial charge in [0.1, 0.15) is 11.5 Å². The number of hydrogen-bond acceptors (Lipinski definition) is 2. The van der Waals surface area contributed by atoms with Crippen LogP contribution in [0.5, 0.6) is 0 Å². The Morgan fingerprint density at radius 3 is 2.29 bits per heavy atom. The van der Waals surface area contributed by atoms with Crippen molar-refractivity contribution >= 4 is 17.3 Å². The summed E-state index contributed by atoms with van der Waals surface area (Å²) in [5, 5.41) is 2.77. The minimum Gasteiger partial charge on any atom is -0.397 e. The Morgan fingerprint density at radius 1 is 1.10 bits per heavy atom. The number of halogens is 1. The highest BCUT2D eigenvalue weighted by Crippen LogP contribution is 2.56. The molecule has 4 heteroatoms. The third kappa shape index (κ3) is 2.12. The van der Waals surface area contributed by atoms with E-state index in [1.807, 2.05) is 0 Å². The van der Waals surface area contributed by atoms with Crippen LogP contribution in [0.1, 0.15) is 32.1 Å². The van der Waals surface area contributed by atoms with Crippen LogP contribution in [0.4, 0.5) is 15.8 Å². The SMILES string of the molecule is Nc1cccc(F)c1NC(=O)C1C2CC3CC(C2)CC1C3. The van der Waals surface area contributed by atoms with Crippen molar-refractivity contribution in [3.63, 3.8) is 0 Å². The van der Waals surface area contributed by atoms with Gasteiger partial charge in [-0.15, -0.1) is 0 Å². The molecule has 4 bridgehead atoms. The quantitative estimate of drug-likeness (QED) is 0.819. The molecule has 112 valence electrons. The number of carbonyl (C=O) groups excluding carboxylic acids is 1. The molecule has 0 saturated heterocycles. The lowest BCUT2D eigenvalue weighted by atomic mass is 9.51. The van der Waals surface area contributed by atoms with E-state index in [1.165, 1.54) is 38.2 Å². The Hall–Kier alpha value is -1.58. The van der Waals surface area contributed by atoms with Crippen LogP contribution in [-0.2, 0) is 4.79 Å². The smallest absolute Gasteiger partial charge is 0.228 e. The first kappa shape index (κ1) is 13.1. The fourth-order valence-electron chi connectivity index (χ4n) is 5.23. The highest BCUT2D eigenvalue weighted by molar-refractivity contribution is 5.96. The molecule has 0 spiro atoms. The topological polar surface area (TPSA) is 55.1 Å². The van der Waals surface area contributed by atoms with Gasteiger partial charge in [0.25, 0.3) is 0 Å². The highest BCUT2D eigenvalue weighted by atomic mass is 19.1. The average Bonchev–Trinajstić information content (AvgIpc) is 2.42. The third-order valence-corrected chi connectivity index (χ3v) is 5.82. The van der Waals surface area contributed by atoms with Crippen molar-refractivity contribution in [1.29, 1.82) is 0 Å². The number of nitrogens with one attached hydrogen (secondary N) is 1. The summed E-state index contributed by atoms with van der Waals surface area (Å²) in [7, 11) is 0. The second-order valence-corrected chi connectivity index (χ2v) is 7.15. The van der Waals surface area contributed by atoms with E-state index in [0.29, 0.717) is 17.5 Å². The number of hydrogen-bond donors (Lipinski definition) is 2. The average molecular weight is 288 g/mol. The first-order valence-corrected chi connectivity index (χ1v) is 7.96. The van der Waals surface area contributed by atoms with Gasteiger partial charge in [-0.3, -0.25) is 4.79 Å². The molecule has 1 amide bonds. The fourth-order valence-corrected chi connectivity index (χ4v) is 5.23. The molecule has 1 aromatic rings. The lowest BCUT2D eigenvalue weighted by Gasteiger charge is -2.53. The first-order valence-electron chi connectivity index (χ1n) is 7.96. The van der Waals surface area contributed by atoms with Crippen LogP contribution >= 0.6 is 0 Å². The molecule has 0 aromatic heterocycles. The van der Waals surface area contributed by atoms with Crippen molar-refractivity contribution in [3.05, 3.63) is 24.0 Å². The Morgan fingerprint density at radius 2 is 1.71 bits per heavy atom. The molecule has 0 unspecified atom stereocenters. The van der Waals surface area contributed by atoms with Crippen LogP contribution in [0.3, 0.4) is 0 Å². The number of benzene rings is 1. The molecule has 4 saturated carbocycles. The van der Waals surface area contributed by atoms with Crippen molar-refractivity contribution < 1.29 is 9.18 Å². The van der Waals surface area contributed by atoms with Gasteiger partial charge in [-0.2, -0.15) is 0 Å². The molecular formula is C17H21FN2O. The first-order chi connectivity index (χ1) is 10.1. The maximum Gasteiger partial charge on any atom is 0.228 e. The molecule has 4 fully saturated rings. The zero-order chi connectivity index (χ0) is 14.6. The summed E-state index contributed by atoms with van der Waals surface area (Å²) in [6, 6.07) is 4.52. The minimum absolute atomic E-state index is 0.0272. The molecule has 1 aromatic carbocycles. The van der Waals surface area contributed by atoms with Gasteiger partial charge in [0.05, 0.1) is 5.69 Å². The van der Waals surface area contributed by atoms with Crippen LogP contribution in [-0.4, -0.2) is 5.91 Å². The van der Waals surface area contributed by atoms with E-state index in [-0.39, 0.29) is 17.5 Å². The monoisotopic (exact) mass is 288 g/mol. The maximum absolute atomic E-state index is 13.8. The number of para-hydroxylation sites is 1. The fraction of sp³-hybridized carbons (Fsp3) is 0.588. The maximum atomic E-state index is 13.8. The largest absolute Gasteiger partial charge is 0.397 e. The molecular weight excluding hydrogens is 267 g/mol. The summed E-state index contributed by atoms with van der Waals surface area (Å²) < 4.78 is 13.8. The van der Waals surface area contributed by atoms with Crippen molar-refractivity contribution in [2.24, 2.45) is 29.6 Å². The van der Waals surface area contributed by atoms with E-state index in [4.69, 9.17) is 5.73 Å². The van der Waals surface area contributed by atoms with E-state index >= 15 is 0 Å².